The highest BCUT2D eigenvalue weighted by atomic mass is 14.4. The lowest BCUT2D eigenvalue weighted by Crippen LogP contribution is -2.15. The van der Waals surface area contributed by atoms with Gasteiger partial charge in [-0.1, -0.05) is 228 Å². The van der Waals surface area contributed by atoms with Gasteiger partial charge in [0, 0.05) is 10.8 Å². The third-order valence-electron chi connectivity index (χ3n) is 16.1. The summed E-state index contributed by atoms with van der Waals surface area (Å²) in [6.07, 6.45) is 0. The minimum Gasteiger partial charge on any atom is -0.0619 e. The zero-order valence-electron chi connectivity index (χ0n) is 38.8. The van der Waals surface area contributed by atoms with E-state index in [0.29, 0.717) is 0 Å². The number of fused-ring (bicyclic) bond motifs is 11. The molecule has 0 atom stereocenters. The van der Waals surface area contributed by atoms with Gasteiger partial charge in [-0.3, -0.25) is 0 Å². The first-order valence-electron chi connectivity index (χ1n) is 24.2. The first-order valence-corrected chi connectivity index (χ1v) is 24.2. The molecule has 68 heavy (non-hydrogen) atoms. The third-order valence-corrected chi connectivity index (χ3v) is 16.1. The molecule has 2 aliphatic rings. The normalized spacial score (nSPS) is 14.1. The Kier molecular flexibility index (Phi) is 8.19. The Morgan fingerprint density at radius 2 is 0.544 bits per heavy atom. The zero-order chi connectivity index (χ0) is 45.5. The van der Waals surface area contributed by atoms with Crippen LogP contribution in [0, 0.1) is 0 Å². The second-order valence-corrected chi connectivity index (χ2v) is 20.3. The number of hydrogen-bond acceptors (Lipinski definition) is 0. The molecule has 0 heterocycles. The molecule has 12 aromatic carbocycles. The topological polar surface area (TPSA) is 0 Å². The summed E-state index contributed by atoms with van der Waals surface area (Å²) in [7, 11) is 0. The maximum atomic E-state index is 2.52. The highest BCUT2D eigenvalue weighted by molar-refractivity contribution is 6.30. The van der Waals surface area contributed by atoms with Crippen LogP contribution in [-0.2, 0) is 10.8 Å². The molecule has 0 aliphatic heterocycles. The summed E-state index contributed by atoms with van der Waals surface area (Å²) in [5, 5.41) is 12.7. The van der Waals surface area contributed by atoms with Crippen LogP contribution in [0.15, 0.2) is 218 Å². The van der Waals surface area contributed by atoms with Crippen molar-refractivity contribution >= 4 is 53.9 Å². The zero-order valence-corrected chi connectivity index (χ0v) is 38.8. The van der Waals surface area contributed by atoms with Crippen molar-refractivity contribution in [1.82, 2.24) is 0 Å². The average Bonchev–Trinajstić information content (AvgIpc) is 3.75. The largest absolute Gasteiger partial charge is 0.0619 e. The van der Waals surface area contributed by atoms with Crippen LogP contribution in [0.5, 0.6) is 0 Å². The van der Waals surface area contributed by atoms with Crippen molar-refractivity contribution in [3.63, 3.8) is 0 Å². The standard InChI is InChI=1S/C68H48/c1-67(2)59-31-16-15-21-46(59)47-35-32-42(38-60(47)67)43-33-36-48-49-37-34-44(40-62(49)68(3,4)61(48)39-43)63-51-22-7-11-26-55(51)65(56-27-12-8-23-52(56)63)66-57-28-13-9-24-53(57)64(54-25-10-14-29-58(54)66)50-30-17-19-41-18-5-6-20-45(41)50/h5-40H,1-4H3. The van der Waals surface area contributed by atoms with E-state index >= 15 is 0 Å². The molecular formula is C68H48. The van der Waals surface area contributed by atoms with E-state index in [1.54, 1.807) is 0 Å². The molecule has 12 aromatic rings. The second kappa shape index (κ2) is 14.2. The lowest BCUT2D eigenvalue weighted by molar-refractivity contribution is 0.659. The predicted molar refractivity (Wildman–Crippen MR) is 291 cm³/mol. The molecule has 0 nitrogen and oxygen atoms in total. The Balaban J connectivity index is 0.946. The summed E-state index contributed by atoms with van der Waals surface area (Å²) in [5.74, 6) is 0. The molecule has 0 aromatic heterocycles. The molecule has 2 aliphatic carbocycles. The second-order valence-electron chi connectivity index (χ2n) is 20.3. The van der Waals surface area contributed by atoms with E-state index in [4.69, 9.17) is 0 Å². The molecule has 0 heteroatoms. The summed E-state index contributed by atoms with van der Waals surface area (Å²) in [4.78, 5) is 0. The Hall–Kier alpha value is -8.06. The maximum absolute atomic E-state index is 2.52. The van der Waals surface area contributed by atoms with Gasteiger partial charge in [0.2, 0.25) is 0 Å². The van der Waals surface area contributed by atoms with Crippen molar-refractivity contribution in [3.05, 3.63) is 241 Å². The fraction of sp³-hybridized carbons (Fsp3) is 0.0882. The first kappa shape index (κ1) is 39.1. The van der Waals surface area contributed by atoms with Gasteiger partial charge in [0.15, 0.2) is 0 Å². The van der Waals surface area contributed by atoms with Crippen molar-refractivity contribution < 1.29 is 0 Å². The van der Waals surface area contributed by atoms with Crippen LogP contribution in [0.3, 0.4) is 0 Å². The van der Waals surface area contributed by atoms with E-state index < -0.39 is 0 Å². The molecular weight excluding hydrogens is 817 g/mol. The van der Waals surface area contributed by atoms with E-state index in [-0.39, 0.29) is 10.8 Å². The van der Waals surface area contributed by atoms with Crippen LogP contribution in [0.25, 0.3) is 121 Å². The highest BCUT2D eigenvalue weighted by Crippen LogP contribution is 2.55. The molecule has 0 amide bonds. The fourth-order valence-electron chi connectivity index (χ4n) is 12.8. The van der Waals surface area contributed by atoms with Crippen LogP contribution < -0.4 is 0 Å². The Bertz CT molecular complexity index is 4020. The van der Waals surface area contributed by atoms with Gasteiger partial charge < -0.3 is 0 Å². The van der Waals surface area contributed by atoms with Gasteiger partial charge in [-0.2, -0.15) is 0 Å². The van der Waals surface area contributed by atoms with Crippen molar-refractivity contribution in [2.45, 2.75) is 38.5 Å². The van der Waals surface area contributed by atoms with Gasteiger partial charge in [0.1, 0.15) is 0 Å². The SMILES string of the molecule is CC1(C)c2ccccc2-c2ccc(-c3ccc4c(c3)C(C)(C)c3cc(-c5c6ccccc6c(-c6c7ccccc7c(-c7cccc8ccccc78)c7ccccc67)c6ccccc56)ccc3-4)cc21. The van der Waals surface area contributed by atoms with E-state index in [9.17, 15) is 0 Å². The monoisotopic (exact) mass is 864 g/mol. The number of rotatable bonds is 4. The van der Waals surface area contributed by atoms with Crippen molar-refractivity contribution in [2.24, 2.45) is 0 Å². The molecule has 0 fully saturated rings. The van der Waals surface area contributed by atoms with Gasteiger partial charge in [-0.25, -0.2) is 0 Å². The lowest BCUT2D eigenvalue weighted by Gasteiger charge is -2.24. The molecule has 0 spiro atoms. The smallest absolute Gasteiger partial charge is 0.0159 e. The van der Waals surface area contributed by atoms with Crippen LogP contribution in [0.1, 0.15) is 49.9 Å². The predicted octanol–water partition coefficient (Wildman–Crippen LogP) is 18.7. The summed E-state index contributed by atoms with van der Waals surface area (Å²) in [5.41, 5.74) is 21.0. The van der Waals surface area contributed by atoms with Crippen LogP contribution in [0.2, 0.25) is 0 Å². The van der Waals surface area contributed by atoms with E-state index in [2.05, 4.69) is 246 Å². The van der Waals surface area contributed by atoms with Gasteiger partial charge in [0.25, 0.3) is 0 Å². The summed E-state index contributed by atoms with van der Waals surface area (Å²) < 4.78 is 0. The fourth-order valence-corrected chi connectivity index (χ4v) is 12.8. The minimum atomic E-state index is -0.196. The van der Waals surface area contributed by atoms with Crippen molar-refractivity contribution in [1.29, 1.82) is 0 Å². The van der Waals surface area contributed by atoms with Gasteiger partial charge >= 0.3 is 0 Å². The Morgan fingerprint density at radius 1 is 0.221 bits per heavy atom. The molecule has 320 valence electrons. The van der Waals surface area contributed by atoms with Gasteiger partial charge in [0.05, 0.1) is 0 Å². The maximum Gasteiger partial charge on any atom is 0.0159 e. The molecule has 0 N–H and O–H groups in total. The molecule has 14 rings (SSSR count). The van der Waals surface area contributed by atoms with E-state index in [0.717, 1.165) is 0 Å². The van der Waals surface area contributed by atoms with Crippen LogP contribution in [-0.4, -0.2) is 0 Å². The highest BCUT2D eigenvalue weighted by Gasteiger charge is 2.38. The van der Waals surface area contributed by atoms with Crippen LogP contribution >= 0.6 is 0 Å². The Morgan fingerprint density at radius 3 is 1.04 bits per heavy atom. The van der Waals surface area contributed by atoms with E-state index in [1.807, 2.05) is 0 Å². The van der Waals surface area contributed by atoms with Crippen LogP contribution in [0.4, 0.5) is 0 Å². The number of hydrogen-bond donors (Lipinski definition) is 0. The van der Waals surface area contributed by atoms with Crippen molar-refractivity contribution in [2.75, 3.05) is 0 Å². The summed E-state index contributed by atoms with van der Waals surface area (Å²) in [6, 6.07) is 82.6. The molecule has 0 saturated carbocycles. The lowest BCUT2D eigenvalue weighted by atomic mass is 9.79. The summed E-state index contributed by atoms with van der Waals surface area (Å²) in [6.45, 7) is 9.59. The van der Waals surface area contributed by atoms with E-state index in [1.165, 1.54) is 143 Å². The molecule has 0 unspecified atom stereocenters. The Labute approximate surface area is 397 Å². The molecule has 0 bridgehead atoms. The molecule has 0 radical (unpaired) electrons. The quantitative estimate of drug-likeness (QED) is 0.155. The third kappa shape index (κ3) is 5.38. The average molecular weight is 865 g/mol. The minimum absolute atomic E-state index is 0.0403. The summed E-state index contributed by atoms with van der Waals surface area (Å²) >= 11 is 0. The van der Waals surface area contributed by atoms with Crippen molar-refractivity contribution in [3.8, 4) is 66.8 Å². The first-order chi connectivity index (χ1) is 33.3. The molecule has 0 saturated heterocycles. The van der Waals surface area contributed by atoms with Gasteiger partial charge in [-0.15, -0.1) is 0 Å². The van der Waals surface area contributed by atoms with Gasteiger partial charge in [-0.05, 0) is 161 Å². The number of benzene rings is 12.